The highest BCUT2D eigenvalue weighted by atomic mass is 79.9. The molecule has 1 amide bonds. The maximum absolute atomic E-state index is 12.4. The number of fused-ring (bicyclic) bond motifs is 1. The van der Waals surface area contributed by atoms with Crippen LogP contribution < -0.4 is 9.64 Å². The average Bonchev–Trinajstić information content (AvgIpc) is 2.96. The first kappa shape index (κ1) is 16.7. The molecule has 0 spiro atoms. The summed E-state index contributed by atoms with van der Waals surface area (Å²) in [6.07, 6.45) is 0.585. The fourth-order valence-corrected chi connectivity index (χ4v) is 3.30. The van der Waals surface area contributed by atoms with Crippen LogP contribution in [0.5, 0.6) is 5.75 Å². The summed E-state index contributed by atoms with van der Waals surface area (Å²) in [6, 6.07) is 9.65. The lowest BCUT2D eigenvalue weighted by Gasteiger charge is -2.17. The Morgan fingerprint density at radius 3 is 2.83 bits per heavy atom. The molecule has 8 heteroatoms. The smallest absolute Gasteiger partial charge is 0.269 e. The van der Waals surface area contributed by atoms with E-state index in [1.54, 1.807) is 29.2 Å². The van der Waals surface area contributed by atoms with Gasteiger partial charge in [-0.25, -0.2) is 0 Å². The van der Waals surface area contributed by atoms with Crippen LogP contribution in [0.3, 0.4) is 0 Å². The van der Waals surface area contributed by atoms with E-state index in [-0.39, 0.29) is 18.2 Å². The minimum Gasteiger partial charge on any atom is -0.482 e. The largest absolute Gasteiger partial charge is 0.482 e. The van der Waals surface area contributed by atoms with Crippen molar-refractivity contribution in [3.63, 3.8) is 0 Å². The number of amides is 1. The Hall–Kier alpha value is -2.12. The van der Waals surface area contributed by atoms with Crippen molar-refractivity contribution in [2.45, 2.75) is 6.42 Å². The second kappa shape index (κ2) is 6.78. The topological polar surface area (TPSA) is 72.7 Å². The fraction of sp³-hybridized carbons (Fsp3) is 0.188. The molecule has 0 N–H and O–H groups in total. The molecule has 2 aromatic carbocycles. The maximum atomic E-state index is 12.4. The highest BCUT2D eigenvalue weighted by Gasteiger charge is 2.26. The van der Waals surface area contributed by atoms with E-state index in [4.69, 9.17) is 16.3 Å². The number of nitro groups is 1. The van der Waals surface area contributed by atoms with E-state index in [1.807, 2.05) is 0 Å². The number of carbonyl (C=O) groups is 1. The Labute approximate surface area is 151 Å². The number of rotatable bonds is 4. The first-order chi connectivity index (χ1) is 11.5. The van der Waals surface area contributed by atoms with Crippen molar-refractivity contribution in [3.8, 4) is 5.75 Å². The monoisotopic (exact) mass is 410 g/mol. The number of nitro benzene ring substituents is 1. The summed E-state index contributed by atoms with van der Waals surface area (Å²) >= 11 is 9.36. The number of carbonyl (C=O) groups excluding carboxylic acids is 1. The molecule has 1 aliphatic rings. The van der Waals surface area contributed by atoms with Crippen molar-refractivity contribution < 1.29 is 14.5 Å². The number of halogens is 2. The number of nitrogens with zero attached hydrogens (tertiary/aromatic N) is 2. The number of non-ortho nitro benzene ring substituents is 1. The molecule has 2 aromatic rings. The SMILES string of the molecule is O=C(COc1ccc(Br)cc1Cl)N1CCc2cc([N+](=O)[O-])ccc21. The van der Waals surface area contributed by atoms with E-state index in [9.17, 15) is 14.9 Å². The van der Waals surface area contributed by atoms with E-state index < -0.39 is 4.92 Å². The zero-order valence-corrected chi connectivity index (χ0v) is 14.7. The summed E-state index contributed by atoms with van der Waals surface area (Å²) < 4.78 is 6.31. The Morgan fingerprint density at radius 2 is 2.12 bits per heavy atom. The minimum absolute atomic E-state index is 0.0287. The van der Waals surface area contributed by atoms with Crippen LogP contribution in [0, 0.1) is 10.1 Å². The number of anilines is 1. The lowest BCUT2D eigenvalue weighted by molar-refractivity contribution is -0.384. The molecule has 124 valence electrons. The van der Waals surface area contributed by atoms with Crippen LogP contribution in [-0.4, -0.2) is 24.0 Å². The first-order valence-electron chi connectivity index (χ1n) is 7.11. The van der Waals surface area contributed by atoms with Gasteiger partial charge in [-0.1, -0.05) is 27.5 Å². The maximum Gasteiger partial charge on any atom is 0.269 e. The minimum atomic E-state index is -0.441. The summed E-state index contributed by atoms with van der Waals surface area (Å²) in [5.74, 6) is 0.206. The standard InChI is InChI=1S/C16H12BrClN2O4/c17-11-1-4-15(13(18)8-11)24-9-16(21)19-6-5-10-7-12(20(22)23)2-3-14(10)19/h1-4,7-8H,5-6,9H2. The molecule has 3 rings (SSSR count). The Kier molecular flexibility index (Phi) is 4.73. The molecule has 0 atom stereocenters. The molecular formula is C16H12BrClN2O4. The quantitative estimate of drug-likeness (QED) is 0.563. The molecule has 1 heterocycles. The Morgan fingerprint density at radius 1 is 1.33 bits per heavy atom. The van der Waals surface area contributed by atoms with Crippen molar-refractivity contribution in [2.75, 3.05) is 18.1 Å². The van der Waals surface area contributed by atoms with Crippen molar-refractivity contribution >= 4 is 44.8 Å². The molecule has 0 aromatic heterocycles. The zero-order chi connectivity index (χ0) is 17.3. The van der Waals surface area contributed by atoms with E-state index >= 15 is 0 Å². The van der Waals surface area contributed by atoms with Crippen LogP contribution in [0.25, 0.3) is 0 Å². The lowest BCUT2D eigenvalue weighted by atomic mass is 10.1. The van der Waals surface area contributed by atoms with Gasteiger partial charge < -0.3 is 9.64 Å². The van der Waals surface area contributed by atoms with E-state index in [0.717, 1.165) is 10.0 Å². The predicted molar refractivity (Wildman–Crippen MR) is 93.8 cm³/mol. The van der Waals surface area contributed by atoms with Gasteiger partial charge in [0.05, 0.1) is 9.95 Å². The van der Waals surface area contributed by atoms with Gasteiger partial charge in [-0.2, -0.15) is 0 Å². The number of hydrogen-bond acceptors (Lipinski definition) is 4. The van der Waals surface area contributed by atoms with Crippen LogP contribution in [0.4, 0.5) is 11.4 Å². The molecule has 0 radical (unpaired) electrons. The zero-order valence-electron chi connectivity index (χ0n) is 12.4. The van der Waals surface area contributed by atoms with Gasteiger partial charge in [0.25, 0.3) is 11.6 Å². The third kappa shape index (κ3) is 3.37. The van der Waals surface area contributed by atoms with Gasteiger partial charge in [0, 0.05) is 28.8 Å². The second-order valence-electron chi connectivity index (χ2n) is 5.23. The molecule has 6 nitrogen and oxygen atoms in total. The van der Waals surface area contributed by atoms with E-state index in [1.165, 1.54) is 12.1 Å². The third-order valence-electron chi connectivity index (χ3n) is 3.72. The Bertz CT molecular complexity index is 828. The highest BCUT2D eigenvalue weighted by Crippen LogP contribution is 2.32. The average molecular weight is 412 g/mol. The number of benzene rings is 2. The van der Waals surface area contributed by atoms with Gasteiger partial charge in [-0.3, -0.25) is 14.9 Å². The molecule has 24 heavy (non-hydrogen) atoms. The lowest BCUT2D eigenvalue weighted by Crippen LogP contribution is -2.33. The molecule has 0 saturated carbocycles. The van der Waals surface area contributed by atoms with Crippen LogP contribution in [0.1, 0.15) is 5.56 Å². The summed E-state index contributed by atoms with van der Waals surface area (Å²) in [5.41, 5.74) is 1.51. The highest BCUT2D eigenvalue weighted by molar-refractivity contribution is 9.10. The second-order valence-corrected chi connectivity index (χ2v) is 6.55. The Balaban J connectivity index is 1.70. The molecule has 0 unspecified atom stereocenters. The fourth-order valence-electron chi connectivity index (χ4n) is 2.57. The van der Waals surface area contributed by atoms with E-state index in [0.29, 0.717) is 29.4 Å². The van der Waals surface area contributed by atoms with E-state index in [2.05, 4.69) is 15.9 Å². The van der Waals surface area contributed by atoms with Crippen molar-refractivity contribution in [1.29, 1.82) is 0 Å². The van der Waals surface area contributed by atoms with Gasteiger partial charge in [-0.05, 0) is 36.2 Å². The van der Waals surface area contributed by atoms with Gasteiger partial charge in [0.2, 0.25) is 0 Å². The van der Waals surface area contributed by atoms with Crippen molar-refractivity contribution in [1.82, 2.24) is 0 Å². The van der Waals surface area contributed by atoms with Gasteiger partial charge in [0.1, 0.15) is 5.75 Å². The summed E-state index contributed by atoms with van der Waals surface area (Å²) in [5, 5.41) is 11.2. The van der Waals surface area contributed by atoms with Gasteiger partial charge >= 0.3 is 0 Å². The van der Waals surface area contributed by atoms with Gasteiger partial charge in [0.15, 0.2) is 6.61 Å². The summed E-state index contributed by atoms with van der Waals surface area (Å²) in [4.78, 5) is 24.3. The summed E-state index contributed by atoms with van der Waals surface area (Å²) in [6.45, 7) is 0.324. The first-order valence-corrected chi connectivity index (χ1v) is 8.28. The number of hydrogen-bond donors (Lipinski definition) is 0. The normalized spacial score (nSPS) is 12.8. The summed E-state index contributed by atoms with van der Waals surface area (Å²) in [7, 11) is 0. The number of ether oxygens (including phenoxy) is 1. The molecular weight excluding hydrogens is 400 g/mol. The molecule has 0 aliphatic carbocycles. The molecule has 0 fully saturated rings. The van der Waals surface area contributed by atoms with Crippen LogP contribution in [0.2, 0.25) is 5.02 Å². The predicted octanol–water partition coefficient (Wildman–Crippen LogP) is 3.98. The molecule has 0 saturated heterocycles. The molecule has 0 bridgehead atoms. The van der Waals surface area contributed by atoms with Crippen molar-refractivity contribution in [3.05, 3.63) is 61.6 Å². The van der Waals surface area contributed by atoms with Crippen molar-refractivity contribution in [2.24, 2.45) is 0 Å². The van der Waals surface area contributed by atoms with Crippen LogP contribution >= 0.6 is 27.5 Å². The third-order valence-corrected chi connectivity index (χ3v) is 4.50. The molecule has 1 aliphatic heterocycles. The van der Waals surface area contributed by atoms with Crippen LogP contribution in [0.15, 0.2) is 40.9 Å². The van der Waals surface area contributed by atoms with Crippen LogP contribution in [-0.2, 0) is 11.2 Å². The van der Waals surface area contributed by atoms with Gasteiger partial charge in [-0.15, -0.1) is 0 Å².